The first kappa shape index (κ1) is 18.0. The van der Waals surface area contributed by atoms with Crippen molar-refractivity contribution in [3.05, 3.63) is 65.2 Å². The number of nitrogens with one attached hydrogen (secondary N) is 2. The second kappa shape index (κ2) is 7.60. The molecular weight excluding hydrogens is 326 g/mol. The van der Waals surface area contributed by atoms with E-state index in [4.69, 9.17) is 0 Å². The van der Waals surface area contributed by atoms with Crippen LogP contribution in [0.3, 0.4) is 0 Å². The fraction of sp³-hybridized carbons (Fsp3) is 0.333. The number of carbonyl (C=O) groups excluding carboxylic acids is 2. The minimum atomic E-state index is -0.218. The zero-order valence-corrected chi connectivity index (χ0v) is 15.5. The van der Waals surface area contributed by atoms with E-state index in [1.165, 1.54) is 10.5 Å². The molecule has 136 valence electrons. The molecule has 5 nitrogen and oxygen atoms in total. The van der Waals surface area contributed by atoms with Crippen LogP contribution in [0.25, 0.3) is 0 Å². The van der Waals surface area contributed by atoms with Crippen LogP contribution in [0.15, 0.2) is 48.5 Å². The van der Waals surface area contributed by atoms with Gasteiger partial charge in [0.2, 0.25) is 5.91 Å². The van der Waals surface area contributed by atoms with Crippen molar-refractivity contribution in [3.63, 3.8) is 0 Å². The van der Waals surface area contributed by atoms with Crippen LogP contribution in [0.1, 0.15) is 29.0 Å². The molecular formula is C21H25N3O2. The van der Waals surface area contributed by atoms with Gasteiger partial charge in [0.1, 0.15) is 6.54 Å². The predicted octanol–water partition coefficient (Wildman–Crippen LogP) is 3.44. The molecule has 2 aromatic rings. The Morgan fingerprint density at radius 2 is 1.81 bits per heavy atom. The number of anilines is 1. The van der Waals surface area contributed by atoms with E-state index < -0.39 is 0 Å². The summed E-state index contributed by atoms with van der Waals surface area (Å²) in [5.74, 6) is 0.170. The van der Waals surface area contributed by atoms with Crippen molar-refractivity contribution in [2.75, 3.05) is 18.9 Å². The average Bonchev–Trinajstić information content (AvgIpc) is 3.38. The number of hydrogen-bond acceptors (Lipinski definition) is 2. The highest BCUT2D eigenvalue weighted by Gasteiger charge is 2.39. The molecule has 0 aliphatic heterocycles. The first-order valence-corrected chi connectivity index (χ1v) is 8.88. The topological polar surface area (TPSA) is 61.4 Å². The fourth-order valence-corrected chi connectivity index (χ4v) is 3.06. The smallest absolute Gasteiger partial charge is 0.317 e. The minimum Gasteiger partial charge on any atom is -0.335 e. The number of hydrogen-bond donors (Lipinski definition) is 2. The highest BCUT2D eigenvalue weighted by atomic mass is 16.2. The molecule has 3 rings (SSSR count). The third kappa shape index (κ3) is 4.23. The summed E-state index contributed by atoms with van der Waals surface area (Å²) in [7, 11) is 1.64. The largest absolute Gasteiger partial charge is 0.335 e. The van der Waals surface area contributed by atoms with Gasteiger partial charge in [-0.2, -0.15) is 0 Å². The number of rotatable bonds is 5. The lowest BCUT2D eigenvalue weighted by molar-refractivity contribution is -0.116. The van der Waals surface area contributed by atoms with Crippen molar-refractivity contribution in [3.8, 4) is 0 Å². The molecule has 26 heavy (non-hydrogen) atoms. The van der Waals surface area contributed by atoms with Crippen molar-refractivity contribution in [2.24, 2.45) is 0 Å². The van der Waals surface area contributed by atoms with Gasteiger partial charge in [-0.15, -0.1) is 0 Å². The summed E-state index contributed by atoms with van der Waals surface area (Å²) in [5.41, 5.74) is 4.19. The maximum absolute atomic E-state index is 12.3. The van der Waals surface area contributed by atoms with Gasteiger partial charge in [0, 0.05) is 24.7 Å². The number of nitrogens with zero attached hydrogens (tertiary/aromatic N) is 1. The van der Waals surface area contributed by atoms with Gasteiger partial charge in [-0.3, -0.25) is 4.79 Å². The molecule has 1 aliphatic rings. The molecule has 2 atom stereocenters. The van der Waals surface area contributed by atoms with Crippen LogP contribution in [0.2, 0.25) is 0 Å². The first-order chi connectivity index (χ1) is 12.5. The third-order valence-electron chi connectivity index (χ3n) is 4.93. The lowest BCUT2D eigenvalue weighted by Gasteiger charge is -2.18. The molecule has 0 saturated heterocycles. The molecule has 1 fully saturated rings. The van der Waals surface area contributed by atoms with Gasteiger partial charge in [0.15, 0.2) is 0 Å². The summed E-state index contributed by atoms with van der Waals surface area (Å²) in [5, 5.41) is 5.88. The Morgan fingerprint density at radius 3 is 2.54 bits per heavy atom. The van der Waals surface area contributed by atoms with Crippen molar-refractivity contribution in [1.29, 1.82) is 0 Å². The summed E-state index contributed by atoms with van der Waals surface area (Å²) >= 11 is 0. The van der Waals surface area contributed by atoms with E-state index in [0.717, 1.165) is 23.2 Å². The molecule has 0 aromatic heterocycles. The highest BCUT2D eigenvalue weighted by Crippen LogP contribution is 2.40. The summed E-state index contributed by atoms with van der Waals surface area (Å²) in [6.07, 6.45) is 0.943. The maximum atomic E-state index is 12.3. The van der Waals surface area contributed by atoms with Crippen LogP contribution >= 0.6 is 0 Å². The van der Waals surface area contributed by atoms with Crippen LogP contribution < -0.4 is 10.6 Å². The second-order valence-electron chi connectivity index (χ2n) is 6.96. The third-order valence-corrected chi connectivity index (χ3v) is 4.93. The molecule has 0 spiro atoms. The first-order valence-electron chi connectivity index (χ1n) is 8.88. The number of benzene rings is 2. The number of carbonyl (C=O) groups is 2. The highest BCUT2D eigenvalue weighted by molar-refractivity contribution is 5.95. The number of urea groups is 1. The van der Waals surface area contributed by atoms with Gasteiger partial charge in [-0.25, -0.2) is 4.79 Å². The Hall–Kier alpha value is -2.82. The van der Waals surface area contributed by atoms with Crippen molar-refractivity contribution < 1.29 is 9.59 Å². The minimum absolute atomic E-state index is 0.0158. The van der Waals surface area contributed by atoms with Gasteiger partial charge >= 0.3 is 6.03 Å². The zero-order valence-electron chi connectivity index (χ0n) is 15.5. The van der Waals surface area contributed by atoms with Gasteiger partial charge in [0.25, 0.3) is 0 Å². The van der Waals surface area contributed by atoms with E-state index in [0.29, 0.717) is 5.92 Å². The van der Waals surface area contributed by atoms with Crippen LogP contribution in [0.5, 0.6) is 0 Å². The van der Waals surface area contributed by atoms with E-state index in [9.17, 15) is 9.59 Å². The van der Waals surface area contributed by atoms with Gasteiger partial charge in [-0.1, -0.05) is 42.5 Å². The zero-order chi connectivity index (χ0) is 18.7. The van der Waals surface area contributed by atoms with E-state index in [-0.39, 0.29) is 24.5 Å². The molecule has 5 heteroatoms. The SMILES string of the molecule is Cc1cccc(NC(=O)CN(C)C(=O)N[C@@H]2C[C@@H]2c2ccccc2)c1C. The summed E-state index contributed by atoms with van der Waals surface area (Å²) in [4.78, 5) is 26.0. The van der Waals surface area contributed by atoms with E-state index in [1.54, 1.807) is 7.05 Å². The van der Waals surface area contributed by atoms with Crippen LogP contribution in [-0.2, 0) is 4.79 Å². The molecule has 2 aromatic carbocycles. The standard InChI is InChI=1S/C21H25N3O2/c1-14-8-7-11-18(15(14)2)22-20(25)13-24(3)21(26)23-19-12-17(19)16-9-5-4-6-10-16/h4-11,17,19H,12-13H2,1-3H3,(H,22,25)(H,23,26)/t17-,19-/m1/s1. The average molecular weight is 351 g/mol. The Balaban J connectivity index is 1.48. The second-order valence-corrected chi connectivity index (χ2v) is 6.96. The summed E-state index contributed by atoms with van der Waals surface area (Å²) < 4.78 is 0. The Morgan fingerprint density at radius 1 is 1.08 bits per heavy atom. The summed E-state index contributed by atoms with van der Waals surface area (Å²) in [6, 6.07) is 15.9. The van der Waals surface area contributed by atoms with Crippen LogP contribution in [-0.4, -0.2) is 36.5 Å². The molecule has 0 unspecified atom stereocenters. The monoisotopic (exact) mass is 351 g/mol. The molecule has 0 bridgehead atoms. The van der Waals surface area contributed by atoms with Crippen molar-refractivity contribution in [1.82, 2.24) is 10.2 Å². The van der Waals surface area contributed by atoms with Crippen molar-refractivity contribution >= 4 is 17.6 Å². The summed E-state index contributed by atoms with van der Waals surface area (Å²) in [6.45, 7) is 3.99. The van der Waals surface area contributed by atoms with Gasteiger partial charge in [0.05, 0.1) is 0 Å². The normalized spacial score (nSPS) is 18.1. The quantitative estimate of drug-likeness (QED) is 0.867. The molecule has 0 radical (unpaired) electrons. The Kier molecular flexibility index (Phi) is 5.26. The molecule has 2 N–H and O–H groups in total. The van der Waals surface area contributed by atoms with E-state index >= 15 is 0 Å². The maximum Gasteiger partial charge on any atom is 0.317 e. The number of aryl methyl sites for hydroxylation is 1. The Labute approximate surface area is 154 Å². The predicted molar refractivity (Wildman–Crippen MR) is 103 cm³/mol. The lowest BCUT2D eigenvalue weighted by atomic mass is 10.1. The number of amides is 3. The lowest BCUT2D eigenvalue weighted by Crippen LogP contribution is -2.42. The van der Waals surface area contributed by atoms with E-state index in [2.05, 4.69) is 22.8 Å². The van der Waals surface area contributed by atoms with Crippen molar-refractivity contribution in [2.45, 2.75) is 32.2 Å². The number of likely N-dealkylation sites (N-methyl/N-ethyl adjacent to an activating group) is 1. The molecule has 3 amide bonds. The van der Waals surface area contributed by atoms with E-state index in [1.807, 2.05) is 50.2 Å². The molecule has 1 aliphatic carbocycles. The van der Waals surface area contributed by atoms with Crippen LogP contribution in [0, 0.1) is 13.8 Å². The molecule has 1 saturated carbocycles. The Bertz CT molecular complexity index is 804. The van der Waals surface area contributed by atoms with Crippen LogP contribution in [0.4, 0.5) is 10.5 Å². The molecule has 0 heterocycles. The van der Waals surface area contributed by atoms with Gasteiger partial charge < -0.3 is 15.5 Å². The fourth-order valence-electron chi connectivity index (χ4n) is 3.06. The van der Waals surface area contributed by atoms with Gasteiger partial charge in [-0.05, 0) is 43.0 Å².